The summed E-state index contributed by atoms with van der Waals surface area (Å²) < 4.78 is 10.7. The Balaban J connectivity index is 4.31. The molecule has 16 heavy (non-hydrogen) atoms. The molecule has 0 saturated heterocycles. The molecule has 0 aliphatic heterocycles. The minimum Gasteiger partial charge on any atom is -0.440 e. The Hall–Kier alpha value is -0.813. The van der Waals surface area contributed by atoms with Crippen LogP contribution in [-0.2, 0) is 9.16 Å². The van der Waals surface area contributed by atoms with Gasteiger partial charge in [-0.15, -0.1) is 0 Å². The number of hydrogen-bond acceptors (Lipinski definition) is 3. The van der Waals surface area contributed by atoms with Crippen molar-refractivity contribution in [2.75, 3.05) is 6.61 Å². The Morgan fingerprint density at radius 3 is 2.31 bits per heavy atom. The van der Waals surface area contributed by atoms with Gasteiger partial charge in [0, 0.05) is 0 Å². The van der Waals surface area contributed by atoms with Crippen LogP contribution in [0.15, 0.2) is 12.7 Å². The van der Waals surface area contributed by atoms with Crippen LogP contribution in [0.25, 0.3) is 0 Å². The van der Waals surface area contributed by atoms with E-state index >= 15 is 0 Å². The van der Waals surface area contributed by atoms with Gasteiger partial charge in [-0.05, 0) is 24.2 Å². The summed E-state index contributed by atoms with van der Waals surface area (Å²) in [6.45, 7) is 14.6. The number of hydrogen-bond donors (Lipinski definition) is 1. The molecule has 0 radical (unpaired) electrons. The molecule has 0 rings (SSSR count). The van der Waals surface area contributed by atoms with Crippen LogP contribution < -0.4 is 5.73 Å². The Labute approximate surface area is 98.9 Å². The molecule has 0 heterocycles. The summed E-state index contributed by atoms with van der Waals surface area (Å²) in [6, 6.07) is 0. The van der Waals surface area contributed by atoms with Crippen LogP contribution in [-0.4, -0.2) is 27.1 Å². The lowest BCUT2D eigenvalue weighted by Gasteiger charge is -2.36. The summed E-state index contributed by atoms with van der Waals surface area (Å²) in [7, 11) is -1.81. The standard InChI is InChI=1S/C11H23NO3Si/c1-7-9(15-10(12)13)8-14-16(5,6)11(2,3)4/h7,9H,1,8H2,2-6H3,(H2,12,13). The molecule has 1 unspecified atom stereocenters. The first-order valence-electron chi connectivity index (χ1n) is 5.33. The molecule has 0 aromatic heterocycles. The molecule has 0 fully saturated rings. The highest BCUT2D eigenvalue weighted by molar-refractivity contribution is 6.74. The predicted octanol–water partition coefficient (Wildman–Crippen LogP) is 2.66. The highest BCUT2D eigenvalue weighted by Crippen LogP contribution is 2.36. The number of amides is 1. The summed E-state index contributed by atoms with van der Waals surface area (Å²) in [4.78, 5) is 10.6. The molecule has 94 valence electrons. The normalized spacial score (nSPS) is 14.3. The van der Waals surface area contributed by atoms with E-state index in [2.05, 4.69) is 40.4 Å². The topological polar surface area (TPSA) is 61.6 Å². The van der Waals surface area contributed by atoms with E-state index in [0.29, 0.717) is 6.61 Å². The number of rotatable bonds is 5. The van der Waals surface area contributed by atoms with Gasteiger partial charge in [0.1, 0.15) is 6.10 Å². The summed E-state index contributed by atoms with van der Waals surface area (Å²) >= 11 is 0. The molecule has 5 heteroatoms. The van der Waals surface area contributed by atoms with E-state index in [1.54, 1.807) is 0 Å². The van der Waals surface area contributed by atoms with E-state index in [0.717, 1.165) is 0 Å². The fraction of sp³-hybridized carbons (Fsp3) is 0.727. The maximum absolute atomic E-state index is 10.6. The van der Waals surface area contributed by atoms with Crippen LogP contribution in [0.3, 0.4) is 0 Å². The van der Waals surface area contributed by atoms with Gasteiger partial charge < -0.3 is 14.9 Å². The molecule has 0 aliphatic carbocycles. The Bertz CT molecular complexity index is 258. The number of carbonyl (C=O) groups is 1. The van der Waals surface area contributed by atoms with Crippen molar-refractivity contribution in [3.63, 3.8) is 0 Å². The fourth-order valence-electron chi connectivity index (χ4n) is 0.806. The minimum atomic E-state index is -1.81. The minimum absolute atomic E-state index is 0.130. The molecule has 0 aliphatic rings. The van der Waals surface area contributed by atoms with E-state index in [1.165, 1.54) is 6.08 Å². The maximum atomic E-state index is 10.6. The van der Waals surface area contributed by atoms with Gasteiger partial charge in [0.2, 0.25) is 0 Å². The Kier molecular flexibility index (Phi) is 5.22. The van der Waals surface area contributed by atoms with E-state index in [-0.39, 0.29) is 5.04 Å². The number of nitrogens with two attached hydrogens (primary N) is 1. The van der Waals surface area contributed by atoms with Crippen LogP contribution in [0.1, 0.15) is 20.8 Å². The first-order chi connectivity index (χ1) is 7.10. The van der Waals surface area contributed by atoms with E-state index in [1.807, 2.05) is 0 Å². The third-order valence-electron chi connectivity index (χ3n) is 2.95. The Morgan fingerprint density at radius 2 is 2.00 bits per heavy atom. The average molecular weight is 245 g/mol. The highest BCUT2D eigenvalue weighted by atomic mass is 28.4. The Morgan fingerprint density at radius 1 is 1.50 bits per heavy atom. The van der Waals surface area contributed by atoms with Gasteiger partial charge in [0.05, 0.1) is 6.61 Å². The quantitative estimate of drug-likeness (QED) is 0.598. The van der Waals surface area contributed by atoms with Crippen LogP contribution in [0.2, 0.25) is 18.1 Å². The molecule has 4 nitrogen and oxygen atoms in total. The fourth-order valence-corrected chi connectivity index (χ4v) is 1.82. The van der Waals surface area contributed by atoms with Gasteiger partial charge in [-0.2, -0.15) is 0 Å². The lowest BCUT2D eigenvalue weighted by atomic mass is 10.2. The summed E-state index contributed by atoms with van der Waals surface area (Å²) in [5.74, 6) is 0. The predicted molar refractivity (Wildman–Crippen MR) is 67.8 cm³/mol. The van der Waals surface area contributed by atoms with Crippen LogP contribution in [0.4, 0.5) is 4.79 Å². The molecule has 0 spiro atoms. The van der Waals surface area contributed by atoms with Crippen molar-refractivity contribution in [1.82, 2.24) is 0 Å². The average Bonchev–Trinajstić information content (AvgIpc) is 2.09. The molecule has 0 aromatic carbocycles. The van der Waals surface area contributed by atoms with Crippen LogP contribution in [0, 0.1) is 0 Å². The van der Waals surface area contributed by atoms with Gasteiger partial charge in [0.15, 0.2) is 8.32 Å². The highest BCUT2D eigenvalue weighted by Gasteiger charge is 2.37. The molecule has 0 bridgehead atoms. The van der Waals surface area contributed by atoms with Crippen molar-refractivity contribution in [3.8, 4) is 0 Å². The van der Waals surface area contributed by atoms with Gasteiger partial charge >= 0.3 is 6.09 Å². The van der Waals surface area contributed by atoms with Crippen molar-refractivity contribution in [2.24, 2.45) is 5.73 Å². The summed E-state index contributed by atoms with van der Waals surface area (Å²) in [5.41, 5.74) is 4.94. The number of primary amides is 1. The number of ether oxygens (including phenoxy) is 1. The van der Waals surface area contributed by atoms with Crippen LogP contribution >= 0.6 is 0 Å². The second-order valence-corrected chi connectivity index (χ2v) is 10.1. The molecule has 2 N–H and O–H groups in total. The first kappa shape index (κ1) is 15.2. The summed E-state index contributed by atoms with van der Waals surface area (Å²) in [6.07, 6.45) is 0.258. The summed E-state index contributed by atoms with van der Waals surface area (Å²) in [5, 5.41) is 0.130. The molecule has 0 saturated carbocycles. The third-order valence-corrected chi connectivity index (χ3v) is 7.45. The second kappa shape index (κ2) is 5.50. The molecule has 0 aromatic rings. The first-order valence-corrected chi connectivity index (χ1v) is 8.23. The lowest BCUT2D eigenvalue weighted by molar-refractivity contribution is 0.0930. The van der Waals surface area contributed by atoms with Gasteiger partial charge in [-0.3, -0.25) is 0 Å². The van der Waals surface area contributed by atoms with Crippen molar-refractivity contribution >= 4 is 14.4 Å². The monoisotopic (exact) mass is 245 g/mol. The second-order valence-electron chi connectivity index (χ2n) is 5.28. The lowest BCUT2D eigenvalue weighted by Crippen LogP contribution is -2.43. The largest absolute Gasteiger partial charge is 0.440 e. The smallest absolute Gasteiger partial charge is 0.405 e. The van der Waals surface area contributed by atoms with Gasteiger partial charge in [-0.25, -0.2) is 4.79 Å². The molecule has 1 atom stereocenters. The third kappa shape index (κ3) is 4.81. The van der Waals surface area contributed by atoms with Gasteiger partial charge in [0.25, 0.3) is 0 Å². The van der Waals surface area contributed by atoms with Crippen molar-refractivity contribution in [2.45, 2.75) is 45.0 Å². The van der Waals surface area contributed by atoms with E-state index < -0.39 is 20.5 Å². The molecule has 1 amide bonds. The zero-order valence-corrected chi connectivity index (χ0v) is 11.9. The molecular formula is C11H23NO3Si. The van der Waals surface area contributed by atoms with E-state index in [4.69, 9.17) is 14.9 Å². The zero-order valence-electron chi connectivity index (χ0n) is 10.9. The van der Waals surface area contributed by atoms with Crippen molar-refractivity contribution in [3.05, 3.63) is 12.7 Å². The zero-order chi connectivity index (χ0) is 13.0. The molecular weight excluding hydrogens is 222 g/mol. The maximum Gasteiger partial charge on any atom is 0.405 e. The number of carbonyl (C=O) groups excluding carboxylic acids is 1. The van der Waals surface area contributed by atoms with Gasteiger partial charge in [-0.1, -0.05) is 27.4 Å². The van der Waals surface area contributed by atoms with E-state index in [9.17, 15) is 4.79 Å². The van der Waals surface area contributed by atoms with Crippen molar-refractivity contribution in [1.29, 1.82) is 0 Å². The van der Waals surface area contributed by atoms with Crippen LogP contribution in [0.5, 0.6) is 0 Å². The SMILES string of the molecule is C=CC(CO[Si](C)(C)C(C)(C)C)OC(N)=O. The van der Waals surface area contributed by atoms with Crippen molar-refractivity contribution < 1.29 is 14.0 Å².